The molecular formula is C24H25F3N4O3. The van der Waals surface area contributed by atoms with E-state index < -0.39 is 11.7 Å². The van der Waals surface area contributed by atoms with Crippen LogP contribution in [0.2, 0.25) is 0 Å². The summed E-state index contributed by atoms with van der Waals surface area (Å²) >= 11 is 0. The van der Waals surface area contributed by atoms with Gasteiger partial charge in [-0.2, -0.15) is 13.2 Å². The third-order valence-corrected chi connectivity index (χ3v) is 5.95. The number of anilines is 1. The van der Waals surface area contributed by atoms with E-state index in [4.69, 9.17) is 4.74 Å². The van der Waals surface area contributed by atoms with Crippen LogP contribution in [0.3, 0.4) is 0 Å². The van der Waals surface area contributed by atoms with Gasteiger partial charge >= 0.3 is 6.18 Å². The molecule has 3 heterocycles. The molecule has 0 saturated carbocycles. The van der Waals surface area contributed by atoms with Gasteiger partial charge in [0.05, 0.1) is 25.8 Å². The minimum Gasteiger partial charge on any atom is -0.497 e. The van der Waals surface area contributed by atoms with Crippen LogP contribution in [0, 0.1) is 0 Å². The fraction of sp³-hybridized carbons (Fsp3) is 0.375. The standard InChI is InChI=1S/C24H25F3N4O3/c1-34-20-6-2-4-17(12-20)18-5-3-9-30(14-18)22(32)15-29-10-11-31(23(33)16-29)21-8-7-19(13-28-21)24(25,26)27/h2,4-8,12-13H,3,9-11,14-16H2,1H3. The average Bonchev–Trinajstić information content (AvgIpc) is 2.84. The molecule has 0 aliphatic carbocycles. The van der Waals surface area contributed by atoms with Crippen molar-refractivity contribution >= 4 is 23.2 Å². The van der Waals surface area contributed by atoms with Crippen LogP contribution >= 0.6 is 0 Å². The van der Waals surface area contributed by atoms with E-state index >= 15 is 0 Å². The number of amides is 2. The van der Waals surface area contributed by atoms with Gasteiger partial charge in [-0.15, -0.1) is 0 Å². The number of ether oxygens (including phenoxy) is 1. The molecule has 34 heavy (non-hydrogen) atoms. The highest BCUT2D eigenvalue weighted by atomic mass is 19.4. The van der Waals surface area contributed by atoms with Crippen LogP contribution in [0.5, 0.6) is 5.75 Å². The molecule has 2 aliphatic rings. The predicted octanol–water partition coefficient (Wildman–Crippen LogP) is 3.07. The molecule has 1 fully saturated rings. The number of alkyl halides is 3. The zero-order valence-corrected chi connectivity index (χ0v) is 18.7. The Labute approximate surface area is 195 Å². The van der Waals surface area contributed by atoms with Gasteiger partial charge in [-0.05, 0) is 41.8 Å². The zero-order chi connectivity index (χ0) is 24.3. The minimum atomic E-state index is -4.48. The predicted molar refractivity (Wildman–Crippen MR) is 120 cm³/mol. The zero-order valence-electron chi connectivity index (χ0n) is 18.7. The second kappa shape index (κ2) is 9.84. The fourth-order valence-corrected chi connectivity index (χ4v) is 4.09. The Hall–Kier alpha value is -3.40. The highest BCUT2D eigenvalue weighted by molar-refractivity contribution is 5.95. The second-order valence-electron chi connectivity index (χ2n) is 8.22. The topological polar surface area (TPSA) is 66.0 Å². The van der Waals surface area contributed by atoms with Gasteiger partial charge < -0.3 is 9.64 Å². The fourth-order valence-electron chi connectivity index (χ4n) is 4.09. The molecule has 2 amide bonds. The van der Waals surface area contributed by atoms with E-state index in [1.807, 2.05) is 24.3 Å². The van der Waals surface area contributed by atoms with Crippen LogP contribution in [-0.4, -0.2) is 73.0 Å². The number of carbonyl (C=O) groups is 2. The number of hydrogen-bond acceptors (Lipinski definition) is 5. The summed E-state index contributed by atoms with van der Waals surface area (Å²) < 4.78 is 43.5. The SMILES string of the molecule is COc1cccc(C2=CCCN(C(=O)CN3CCN(c4ccc(C(F)(F)F)cn4)C(=O)C3)C2)c1. The molecule has 2 aliphatic heterocycles. The second-order valence-corrected chi connectivity index (χ2v) is 8.22. The number of piperazine rings is 1. The molecule has 180 valence electrons. The van der Waals surface area contributed by atoms with Crippen LogP contribution in [0.15, 0.2) is 48.7 Å². The summed E-state index contributed by atoms with van der Waals surface area (Å²) in [6.45, 7) is 1.86. The Balaban J connectivity index is 1.33. The van der Waals surface area contributed by atoms with Crippen LogP contribution in [0.1, 0.15) is 17.5 Å². The summed E-state index contributed by atoms with van der Waals surface area (Å²) in [6, 6.07) is 9.80. The first-order chi connectivity index (χ1) is 16.2. The van der Waals surface area contributed by atoms with E-state index in [2.05, 4.69) is 11.1 Å². The van der Waals surface area contributed by atoms with Crippen LogP contribution in [-0.2, 0) is 15.8 Å². The Morgan fingerprint density at radius 1 is 1.12 bits per heavy atom. The summed E-state index contributed by atoms with van der Waals surface area (Å²) in [4.78, 5) is 34.3. The highest BCUT2D eigenvalue weighted by Crippen LogP contribution is 2.29. The lowest BCUT2D eigenvalue weighted by atomic mass is 10.0. The van der Waals surface area contributed by atoms with E-state index in [1.165, 1.54) is 11.0 Å². The third-order valence-electron chi connectivity index (χ3n) is 5.95. The van der Waals surface area contributed by atoms with Crippen LogP contribution in [0.25, 0.3) is 5.57 Å². The highest BCUT2D eigenvalue weighted by Gasteiger charge is 2.32. The number of rotatable bonds is 5. The van der Waals surface area contributed by atoms with Crippen molar-refractivity contribution in [3.05, 3.63) is 59.8 Å². The minimum absolute atomic E-state index is 0.000856. The van der Waals surface area contributed by atoms with Crippen molar-refractivity contribution in [1.82, 2.24) is 14.8 Å². The summed E-state index contributed by atoms with van der Waals surface area (Å²) in [7, 11) is 1.61. The normalized spacial score (nSPS) is 17.5. The number of methoxy groups -OCH3 is 1. The molecule has 4 rings (SSSR count). The van der Waals surface area contributed by atoms with E-state index in [9.17, 15) is 22.8 Å². The van der Waals surface area contributed by atoms with Crippen molar-refractivity contribution in [2.75, 3.05) is 51.3 Å². The maximum absolute atomic E-state index is 12.9. The Morgan fingerprint density at radius 3 is 2.62 bits per heavy atom. The lowest BCUT2D eigenvalue weighted by Crippen LogP contribution is -2.53. The maximum atomic E-state index is 12.9. The number of pyridine rings is 1. The molecule has 0 spiro atoms. The molecular weight excluding hydrogens is 449 g/mol. The molecule has 1 saturated heterocycles. The van der Waals surface area contributed by atoms with Gasteiger partial charge in [0, 0.05) is 32.4 Å². The quantitative estimate of drug-likeness (QED) is 0.667. The molecule has 10 heteroatoms. The lowest BCUT2D eigenvalue weighted by Gasteiger charge is -2.35. The number of benzene rings is 1. The maximum Gasteiger partial charge on any atom is 0.417 e. The van der Waals surface area contributed by atoms with Gasteiger partial charge in [-0.1, -0.05) is 18.2 Å². The number of nitrogens with zero attached hydrogens (tertiary/aromatic N) is 4. The van der Waals surface area contributed by atoms with Gasteiger partial charge in [0.15, 0.2) is 0 Å². The van der Waals surface area contributed by atoms with Gasteiger partial charge in [-0.3, -0.25) is 19.4 Å². The number of carbonyl (C=O) groups excluding carboxylic acids is 2. The van der Waals surface area contributed by atoms with Crippen molar-refractivity contribution < 1.29 is 27.5 Å². The van der Waals surface area contributed by atoms with Crippen LogP contribution < -0.4 is 9.64 Å². The molecule has 1 aromatic heterocycles. The summed E-state index contributed by atoms with van der Waals surface area (Å²) in [6.07, 6.45) is -0.893. The van der Waals surface area contributed by atoms with Gasteiger partial charge in [-0.25, -0.2) is 4.98 Å². The number of aromatic nitrogens is 1. The first-order valence-electron chi connectivity index (χ1n) is 10.9. The smallest absolute Gasteiger partial charge is 0.417 e. The van der Waals surface area contributed by atoms with E-state index in [0.29, 0.717) is 19.6 Å². The Morgan fingerprint density at radius 2 is 1.94 bits per heavy atom. The van der Waals surface area contributed by atoms with Gasteiger partial charge in [0.1, 0.15) is 11.6 Å². The van der Waals surface area contributed by atoms with E-state index in [1.54, 1.807) is 16.9 Å². The molecule has 0 radical (unpaired) electrons. The van der Waals surface area contributed by atoms with Crippen molar-refractivity contribution in [3.63, 3.8) is 0 Å². The van der Waals surface area contributed by atoms with E-state index in [0.717, 1.165) is 35.6 Å². The van der Waals surface area contributed by atoms with Gasteiger partial charge in [0.2, 0.25) is 11.8 Å². The van der Waals surface area contributed by atoms with Crippen molar-refractivity contribution in [1.29, 1.82) is 0 Å². The lowest BCUT2D eigenvalue weighted by molar-refractivity contribution is -0.138. The van der Waals surface area contributed by atoms with E-state index in [-0.39, 0.29) is 37.3 Å². The van der Waals surface area contributed by atoms with Crippen molar-refractivity contribution in [2.45, 2.75) is 12.6 Å². The third kappa shape index (κ3) is 5.39. The Bertz CT molecular complexity index is 1090. The molecule has 0 N–H and O–H groups in total. The molecule has 0 unspecified atom stereocenters. The van der Waals surface area contributed by atoms with Crippen molar-refractivity contribution in [3.8, 4) is 5.75 Å². The molecule has 1 aromatic carbocycles. The van der Waals surface area contributed by atoms with Crippen LogP contribution in [0.4, 0.5) is 19.0 Å². The first-order valence-corrected chi connectivity index (χ1v) is 10.9. The summed E-state index contributed by atoms with van der Waals surface area (Å²) in [5, 5.41) is 0. The monoisotopic (exact) mass is 474 g/mol. The number of halogens is 3. The number of hydrogen-bond donors (Lipinski definition) is 0. The molecule has 0 atom stereocenters. The molecule has 7 nitrogen and oxygen atoms in total. The summed E-state index contributed by atoms with van der Waals surface area (Å²) in [5.74, 6) is 0.554. The van der Waals surface area contributed by atoms with Gasteiger partial charge in [0.25, 0.3) is 0 Å². The van der Waals surface area contributed by atoms with Crippen molar-refractivity contribution in [2.24, 2.45) is 0 Å². The first kappa shape index (κ1) is 23.7. The largest absolute Gasteiger partial charge is 0.497 e. The average molecular weight is 474 g/mol. The Kier molecular flexibility index (Phi) is 6.87. The molecule has 0 bridgehead atoms. The molecule has 2 aromatic rings. The summed E-state index contributed by atoms with van der Waals surface area (Å²) in [5.41, 5.74) is 1.19.